The number of nitrogens with one attached hydrogen (secondary N) is 1. The molecule has 3 N–H and O–H groups in total. The Hall–Kier alpha value is -2.12. The molecule has 0 saturated carbocycles. The van der Waals surface area contributed by atoms with Gasteiger partial charge in [0.1, 0.15) is 5.82 Å². The Balaban J connectivity index is 0.000000360. The number of amides is 2. The van der Waals surface area contributed by atoms with Crippen LogP contribution in [-0.4, -0.2) is 18.0 Å². The van der Waals surface area contributed by atoms with E-state index in [4.69, 9.17) is 4.79 Å². The molecule has 4 nitrogen and oxygen atoms in total. The van der Waals surface area contributed by atoms with E-state index in [0.717, 1.165) is 0 Å². The van der Waals surface area contributed by atoms with Crippen molar-refractivity contribution in [3.8, 4) is 0 Å². The predicted octanol–water partition coefficient (Wildman–Crippen LogP) is 1.82. The Kier molecular flexibility index (Phi) is 5.80. The van der Waals surface area contributed by atoms with E-state index in [1.165, 1.54) is 31.2 Å². The maximum Gasteiger partial charge on any atom is 0.470 e. The van der Waals surface area contributed by atoms with Crippen molar-refractivity contribution in [2.24, 2.45) is 5.73 Å². The average molecular weight is 266 g/mol. The SMILES string of the molecule is CC(=O)Nc1ccc(F)cc1.NC(=O)C(F)(F)F. The van der Waals surface area contributed by atoms with Gasteiger partial charge in [-0.15, -0.1) is 0 Å². The van der Waals surface area contributed by atoms with Crippen LogP contribution in [0.5, 0.6) is 0 Å². The fourth-order valence-corrected chi connectivity index (χ4v) is 0.736. The molecule has 0 heterocycles. The monoisotopic (exact) mass is 266 g/mol. The first kappa shape index (κ1) is 15.9. The van der Waals surface area contributed by atoms with Gasteiger partial charge < -0.3 is 11.1 Å². The number of halogens is 4. The Morgan fingerprint density at radius 3 is 1.83 bits per heavy atom. The second-order valence-electron chi connectivity index (χ2n) is 3.05. The molecule has 0 aromatic heterocycles. The second kappa shape index (κ2) is 6.58. The van der Waals surface area contributed by atoms with Crippen molar-refractivity contribution in [2.45, 2.75) is 13.1 Å². The van der Waals surface area contributed by atoms with Gasteiger partial charge >= 0.3 is 12.1 Å². The third-order valence-corrected chi connectivity index (χ3v) is 1.44. The minimum absolute atomic E-state index is 0.156. The van der Waals surface area contributed by atoms with E-state index in [9.17, 15) is 22.4 Å². The number of benzene rings is 1. The van der Waals surface area contributed by atoms with Crippen LogP contribution in [0.15, 0.2) is 24.3 Å². The van der Waals surface area contributed by atoms with Gasteiger partial charge in [0.2, 0.25) is 5.91 Å². The molecule has 100 valence electrons. The Labute approximate surface area is 99.8 Å². The van der Waals surface area contributed by atoms with Crippen LogP contribution in [0.2, 0.25) is 0 Å². The van der Waals surface area contributed by atoms with Crippen molar-refractivity contribution in [1.82, 2.24) is 0 Å². The van der Waals surface area contributed by atoms with Crippen molar-refractivity contribution in [1.29, 1.82) is 0 Å². The molecule has 18 heavy (non-hydrogen) atoms. The molecule has 0 radical (unpaired) electrons. The summed E-state index contributed by atoms with van der Waals surface area (Å²) >= 11 is 0. The summed E-state index contributed by atoms with van der Waals surface area (Å²) in [6.07, 6.45) is -4.86. The smallest absolute Gasteiger partial charge is 0.362 e. The molecule has 0 unspecified atom stereocenters. The standard InChI is InChI=1S/C8H8FNO.C2H2F3NO/c1-6(11)10-8-4-2-7(9)3-5-8;3-2(4,5)1(6)7/h2-5H,1H3,(H,10,11);(H2,6,7). The molecule has 2 amide bonds. The summed E-state index contributed by atoms with van der Waals surface area (Å²) in [5, 5.41) is 2.53. The number of hydrogen-bond acceptors (Lipinski definition) is 2. The lowest BCUT2D eigenvalue weighted by Gasteiger charge is -1.99. The second-order valence-corrected chi connectivity index (χ2v) is 3.05. The van der Waals surface area contributed by atoms with E-state index in [1.54, 1.807) is 0 Å². The highest BCUT2D eigenvalue weighted by atomic mass is 19.4. The molecular formula is C10H10F4N2O2. The number of nitrogens with two attached hydrogens (primary N) is 1. The van der Waals surface area contributed by atoms with Gasteiger partial charge in [-0.05, 0) is 24.3 Å². The number of primary amides is 1. The molecule has 0 spiro atoms. The Morgan fingerprint density at radius 2 is 1.56 bits per heavy atom. The first-order valence-corrected chi connectivity index (χ1v) is 4.52. The van der Waals surface area contributed by atoms with Crippen LogP contribution >= 0.6 is 0 Å². The average Bonchev–Trinajstić information content (AvgIpc) is 2.20. The molecule has 8 heteroatoms. The maximum absolute atomic E-state index is 12.3. The molecule has 0 atom stereocenters. The molecule has 0 fully saturated rings. The summed E-state index contributed by atoms with van der Waals surface area (Å²) in [5.41, 5.74) is 4.42. The lowest BCUT2D eigenvalue weighted by Crippen LogP contribution is -2.30. The molecule has 1 aromatic rings. The number of hydrogen-bond donors (Lipinski definition) is 2. The number of alkyl halides is 3. The van der Waals surface area contributed by atoms with Crippen LogP contribution in [-0.2, 0) is 9.59 Å². The number of anilines is 1. The summed E-state index contributed by atoms with van der Waals surface area (Å²) in [6.45, 7) is 1.41. The minimum atomic E-state index is -4.86. The normalized spacial score (nSPS) is 10.1. The molecule has 0 bridgehead atoms. The van der Waals surface area contributed by atoms with Gasteiger partial charge in [0.05, 0.1) is 0 Å². The van der Waals surface area contributed by atoms with Gasteiger partial charge in [0, 0.05) is 12.6 Å². The van der Waals surface area contributed by atoms with Crippen LogP contribution in [0.1, 0.15) is 6.92 Å². The Morgan fingerprint density at radius 1 is 1.17 bits per heavy atom. The summed E-state index contributed by atoms with van der Waals surface area (Å²) in [7, 11) is 0. The first-order valence-electron chi connectivity index (χ1n) is 4.52. The summed E-state index contributed by atoms with van der Waals surface area (Å²) in [6, 6.07) is 5.62. The molecule has 0 aliphatic carbocycles. The van der Waals surface area contributed by atoms with E-state index in [2.05, 4.69) is 11.1 Å². The van der Waals surface area contributed by atoms with Gasteiger partial charge in [0.25, 0.3) is 0 Å². The summed E-state index contributed by atoms with van der Waals surface area (Å²) in [5.74, 6) is -2.72. The first-order chi connectivity index (χ1) is 8.12. The molecule has 0 aliphatic heterocycles. The number of carbonyl (C=O) groups excluding carboxylic acids is 2. The predicted molar refractivity (Wildman–Crippen MR) is 56.0 cm³/mol. The molecule has 0 aliphatic rings. The highest BCUT2D eigenvalue weighted by Gasteiger charge is 2.35. The zero-order valence-corrected chi connectivity index (χ0v) is 9.22. The van der Waals surface area contributed by atoms with Gasteiger partial charge in [-0.2, -0.15) is 13.2 Å². The summed E-state index contributed by atoms with van der Waals surface area (Å²) in [4.78, 5) is 19.6. The van der Waals surface area contributed by atoms with Crippen LogP contribution < -0.4 is 11.1 Å². The summed E-state index contributed by atoms with van der Waals surface area (Å²) < 4.78 is 44.4. The van der Waals surface area contributed by atoms with Crippen molar-refractivity contribution in [2.75, 3.05) is 5.32 Å². The van der Waals surface area contributed by atoms with Crippen LogP contribution in [0.25, 0.3) is 0 Å². The highest BCUT2D eigenvalue weighted by Crippen LogP contribution is 2.11. The zero-order valence-electron chi connectivity index (χ0n) is 9.22. The van der Waals surface area contributed by atoms with E-state index < -0.39 is 12.1 Å². The van der Waals surface area contributed by atoms with E-state index in [0.29, 0.717) is 5.69 Å². The van der Waals surface area contributed by atoms with Crippen LogP contribution in [0, 0.1) is 5.82 Å². The third kappa shape index (κ3) is 7.20. The van der Waals surface area contributed by atoms with E-state index >= 15 is 0 Å². The van der Waals surface area contributed by atoms with Gasteiger partial charge in [0.15, 0.2) is 0 Å². The largest absolute Gasteiger partial charge is 0.470 e. The molecule has 1 aromatic carbocycles. The van der Waals surface area contributed by atoms with E-state index in [1.807, 2.05) is 0 Å². The van der Waals surface area contributed by atoms with E-state index in [-0.39, 0.29) is 11.7 Å². The molecule has 0 saturated heterocycles. The highest BCUT2D eigenvalue weighted by molar-refractivity contribution is 5.88. The lowest BCUT2D eigenvalue weighted by atomic mass is 10.3. The van der Waals surface area contributed by atoms with Crippen LogP contribution in [0.4, 0.5) is 23.2 Å². The van der Waals surface area contributed by atoms with Crippen molar-refractivity contribution in [3.63, 3.8) is 0 Å². The zero-order chi connectivity index (χ0) is 14.3. The Bertz CT molecular complexity index is 415. The minimum Gasteiger partial charge on any atom is -0.362 e. The lowest BCUT2D eigenvalue weighted by molar-refractivity contribution is -0.169. The van der Waals surface area contributed by atoms with Crippen molar-refractivity contribution >= 4 is 17.5 Å². The van der Waals surface area contributed by atoms with Gasteiger partial charge in [-0.3, -0.25) is 9.59 Å². The van der Waals surface area contributed by atoms with Crippen molar-refractivity contribution < 1.29 is 27.2 Å². The number of rotatable bonds is 1. The molecule has 1 rings (SSSR count). The molecular weight excluding hydrogens is 256 g/mol. The fraction of sp³-hybridized carbons (Fsp3) is 0.200. The van der Waals surface area contributed by atoms with Crippen molar-refractivity contribution in [3.05, 3.63) is 30.1 Å². The van der Waals surface area contributed by atoms with Gasteiger partial charge in [-0.1, -0.05) is 0 Å². The topological polar surface area (TPSA) is 72.2 Å². The maximum atomic E-state index is 12.3. The quantitative estimate of drug-likeness (QED) is 0.761. The van der Waals surface area contributed by atoms with Crippen LogP contribution in [0.3, 0.4) is 0 Å². The van der Waals surface area contributed by atoms with Gasteiger partial charge in [-0.25, -0.2) is 4.39 Å². The number of carbonyl (C=O) groups is 2. The third-order valence-electron chi connectivity index (χ3n) is 1.44. The fourth-order valence-electron chi connectivity index (χ4n) is 0.736.